The second kappa shape index (κ2) is 5.69. The SMILES string of the molecule is COc1ccc([N+](=O)[O-])cc1NC(=O)CC(C)(C)C. The van der Waals surface area contributed by atoms with Gasteiger partial charge in [0.15, 0.2) is 0 Å². The average Bonchev–Trinajstić information content (AvgIpc) is 2.26. The number of carbonyl (C=O) groups is 1. The minimum absolute atomic E-state index is 0.0909. The molecule has 0 radical (unpaired) electrons. The summed E-state index contributed by atoms with van der Waals surface area (Å²) in [7, 11) is 1.45. The van der Waals surface area contributed by atoms with Crippen LogP contribution in [-0.2, 0) is 4.79 Å². The number of nitro benzene ring substituents is 1. The van der Waals surface area contributed by atoms with Crippen LogP contribution in [0.15, 0.2) is 18.2 Å². The van der Waals surface area contributed by atoms with Crippen molar-refractivity contribution in [3.8, 4) is 5.75 Å². The lowest BCUT2D eigenvalue weighted by Crippen LogP contribution is -2.20. The summed E-state index contributed by atoms with van der Waals surface area (Å²) in [6.07, 6.45) is 0.318. The second-order valence-corrected chi connectivity index (χ2v) is 5.43. The number of hydrogen-bond donors (Lipinski definition) is 1. The molecule has 0 heterocycles. The lowest BCUT2D eigenvalue weighted by atomic mass is 9.92. The Kier molecular flexibility index (Phi) is 4.47. The van der Waals surface area contributed by atoms with Crippen molar-refractivity contribution < 1.29 is 14.5 Å². The third-order valence-electron chi connectivity index (χ3n) is 2.36. The summed E-state index contributed by atoms with van der Waals surface area (Å²) < 4.78 is 5.07. The summed E-state index contributed by atoms with van der Waals surface area (Å²) in [5.41, 5.74) is 0.0655. The number of anilines is 1. The molecule has 0 spiro atoms. The van der Waals surface area contributed by atoms with Gasteiger partial charge in [-0.2, -0.15) is 0 Å². The fourth-order valence-corrected chi connectivity index (χ4v) is 1.58. The van der Waals surface area contributed by atoms with E-state index in [1.54, 1.807) is 0 Å². The van der Waals surface area contributed by atoms with Crippen LogP contribution < -0.4 is 10.1 Å². The Labute approximate surface area is 111 Å². The average molecular weight is 266 g/mol. The quantitative estimate of drug-likeness (QED) is 0.671. The van der Waals surface area contributed by atoms with Crippen LogP contribution in [0.1, 0.15) is 27.2 Å². The van der Waals surface area contributed by atoms with Crippen molar-refractivity contribution in [2.24, 2.45) is 5.41 Å². The standard InChI is InChI=1S/C13H18N2O4/c1-13(2,3)8-12(16)14-10-7-9(15(17)18)5-6-11(10)19-4/h5-7H,8H2,1-4H3,(H,14,16). The molecule has 19 heavy (non-hydrogen) atoms. The largest absolute Gasteiger partial charge is 0.495 e. The molecule has 1 aromatic carbocycles. The molecule has 0 aromatic heterocycles. The topological polar surface area (TPSA) is 81.5 Å². The number of non-ortho nitro benzene ring substituents is 1. The van der Waals surface area contributed by atoms with Crippen molar-refractivity contribution in [3.05, 3.63) is 28.3 Å². The predicted molar refractivity (Wildman–Crippen MR) is 72.4 cm³/mol. The van der Waals surface area contributed by atoms with E-state index in [1.807, 2.05) is 20.8 Å². The number of methoxy groups -OCH3 is 1. The maximum absolute atomic E-state index is 11.8. The number of nitrogens with one attached hydrogen (secondary N) is 1. The van der Waals surface area contributed by atoms with Crippen LogP contribution in [0, 0.1) is 15.5 Å². The third-order valence-corrected chi connectivity index (χ3v) is 2.36. The molecule has 0 bridgehead atoms. The van der Waals surface area contributed by atoms with Crippen LogP contribution in [0.5, 0.6) is 5.75 Å². The zero-order valence-corrected chi connectivity index (χ0v) is 11.5. The van der Waals surface area contributed by atoms with Gasteiger partial charge in [-0.25, -0.2) is 0 Å². The van der Waals surface area contributed by atoms with Crippen molar-refractivity contribution in [3.63, 3.8) is 0 Å². The highest BCUT2D eigenvalue weighted by atomic mass is 16.6. The van der Waals surface area contributed by atoms with Gasteiger partial charge >= 0.3 is 0 Å². The molecule has 1 aromatic rings. The van der Waals surface area contributed by atoms with Crippen molar-refractivity contribution in [1.29, 1.82) is 0 Å². The molecule has 6 heteroatoms. The molecule has 0 saturated carbocycles. The first-order valence-corrected chi connectivity index (χ1v) is 5.85. The van der Waals surface area contributed by atoms with Gasteiger partial charge in [-0.05, 0) is 11.5 Å². The first-order valence-electron chi connectivity index (χ1n) is 5.85. The normalized spacial score (nSPS) is 10.9. The number of hydrogen-bond acceptors (Lipinski definition) is 4. The van der Waals surface area contributed by atoms with E-state index >= 15 is 0 Å². The van der Waals surface area contributed by atoms with E-state index in [-0.39, 0.29) is 17.0 Å². The van der Waals surface area contributed by atoms with E-state index in [4.69, 9.17) is 4.74 Å². The molecule has 0 unspecified atom stereocenters. The zero-order chi connectivity index (χ0) is 14.6. The highest BCUT2D eigenvalue weighted by molar-refractivity contribution is 5.93. The van der Waals surface area contributed by atoms with Gasteiger partial charge in [0.1, 0.15) is 5.75 Å². The molecule has 0 atom stereocenters. The third kappa shape index (κ3) is 4.57. The Morgan fingerprint density at radius 1 is 1.42 bits per heavy atom. The Balaban J connectivity index is 2.95. The van der Waals surface area contributed by atoms with E-state index < -0.39 is 4.92 Å². The minimum atomic E-state index is -0.515. The van der Waals surface area contributed by atoms with Gasteiger partial charge in [0.25, 0.3) is 5.69 Å². The lowest BCUT2D eigenvalue weighted by Gasteiger charge is -2.18. The van der Waals surface area contributed by atoms with Gasteiger partial charge in [-0.1, -0.05) is 20.8 Å². The van der Waals surface area contributed by atoms with Crippen molar-refractivity contribution in [1.82, 2.24) is 0 Å². The molecule has 6 nitrogen and oxygen atoms in total. The summed E-state index contributed by atoms with van der Waals surface area (Å²) in [6.45, 7) is 5.83. The Hall–Kier alpha value is -2.11. The molecule has 0 aliphatic heterocycles. The van der Waals surface area contributed by atoms with Crippen LogP contribution in [0.4, 0.5) is 11.4 Å². The summed E-state index contributed by atoms with van der Waals surface area (Å²) in [4.78, 5) is 22.0. The fraction of sp³-hybridized carbons (Fsp3) is 0.462. The molecule has 0 saturated heterocycles. The zero-order valence-electron chi connectivity index (χ0n) is 11.5. The lowest BCUT2D eigenvalue weighted by molar-refractivity contribution is -0.384. The smallest absolute Gasteiger partial charge is 0.271 e. The van der Waals surface area contributed by atoms with Crippen LogP contribution in [-0.4, -0.2) is 17.9 Å². The molecule has 1 amide bonds. The van der Waals surface area contributed by atoms with Crippen LogP contribution in [0.2, 0.25) is 0 Å². The van der Waals surface area contributed by atoms with Crippen LogP contribution >= 0.6 is 0 Å². The summed E-state index contributed by atoms with van der Waals surface area (Å²) >= 11 is 0. The molecule has 1 rings (SSSR count). The predicted octanol–water partition coefficient (Wildman–Crippen LogP) is 2.98. The maximum atomic E-state index is 11.8. The van der Waals surface area contributed by atoms with Crippen molar-refractivity contribution in [2.45, 2.75) is 27.2 Å². The Morgan fingerprint density at radius 3 is 2.53 bits per heavy atom. The van der Waals surface area contributed by atoms with Gasteiger partial charge in [0, 0.05) is 18.6 Å². The minimum Gasteiger partial charge on any atom is -0.495 e. The number of benzene rings is 1. The second-order valence-electron chi connectivity index (χ2n) is 5.43. The summed E-state index contributed by atoms with van der Waals surface area (Å²) in [5.74, 6) is 0.194. The van der Waals surface area contributed by atoms with E-state index in [2.05, 4.69) is 5.32 Å². The fourth-order valence-electron chi connectivity index (χ4n) is 1.58. The Bertz CT molecular complexity index is 492. The number of nitrogens with zero attached hydrogens (tertiary/aromatic N) is 1. The van der Waals surface area contributed by atoms with Gasteiger partial charge in [-0.15, -0.1) is 0 Å². The Morgan fingerprint density at radius 2 is 2.05 bits per heavy atom. The molecular weight excluding hydrogens is 248 g/mol. The highest BCUT2D eigenvalue weighted by Crippen LogP contribution is 2.29. The molecule has 0 aliphatic carbocycles. The molecule has 104 valence electrons. The monoisotopic (exact) mass is 266 g/mol. The summed E-state index contributed by atoms with van der Waals surface area (Å²) in [5, 5.41) is 13.4. The van der Waals surface area contributed by atoms with Crippen LogP contribution in [0.25, 0.3) is 0 Å². The van der Waals surface area contributed by atoms with Gasteiger partial charge in [0.2, 0.25) is 5.91 Å². The van der Waals surface area contributed by atoms with E-state index in [0.29, 0.717) is 17.9 Å². The van der Waals surface area contributed by atoms with Crippen molar-refractivity contribution in [2.75, 3.05) is 12.4 Å². The molecular formula is C13H18N2O4. The highest BCUT2D eigenvalue weighted by Gasteiger charge is 2.18. The molecule has 1 N–H and O–H groups in total. The van der Waals surface area contributed by atoms with Gasteiger partial charge in [-0.3, -0.25) is 14.9 Å². The van der Waals surface area contributed by atoms with E-state index in [9.17, 15) is 14.9 Å². The van der Waals surface area contributed by atoms with Crippen molar-refractivity contribution >= 4 is 17.3 Å². The number of ether oxygens (including phenoxy) is 1. The van der Waals surface area contributed by atoms with E-state index in [1.165, 1.54) is 25.3 Å². The molecule has 0 aliphatic rings. The number of nitro groups is 1. The number of carbonyl (C=O) groups excluding carboxylic acids is 1. The number of rotatable bonds is 4. The van der Waals surface area contributed by atoms with Gasteiger partial charge < -0.3 is 10.1 Å². The van der Waals surface area contributed by atoms with Gasteiger partial charge in [0.05, 0.1) is 17.7 Å². The van der Waals surface area contributed by atoms with E-state index in [0.717, 1.165) is 0 Å². The number of amides is 1. The first kappa shape index (κ1) is 14.9. The first-order chi connectivity index (χ1) is 8.73. The van der Waals surface area contributed by atoms with Crippen LogP contribution in [0.3, 0.4) is 0 Å². The maximum Gasteiger partial charge on any atom is 0.271 e. The summed E-state index contributed by atoms with van der Waals surface area (Å²) in [6, 6.07) is 4.09. The molecule has 0 fully saturated rings.